The maximum absolute atomic E-state index is 12.2. The first kappa shape index (κ1) is 16.3. The lowest BCUT2D eigenvalue weighted by Gasteiger charge is -2.25. The Balaban J connectivity index is 3.04. The van der Waals surface area contributed by atoms with Crippen LogP contribution >= 0.6 is 0 Å². The van der Waals surface area contributed by atoms with Crippen molar-refractivity contribution in [3.63, 3.8) is 0 Å². The molecule has 3 N–H and O–H groups in total. The third-order valence-corrected chi connectivity index (χ3v) is 3.82. The molecule has 20 heavy (non-hydrogen) atoms. The molecular formula is C16H27N3O. The van der Waals surface area contributed by atoms with E-state index in [0.717, 1.165) is 18.5 Å². The van der Waals surface area contributed by atoms with E-state index >= 15 is 0 Å². The van der Waals surface area contributed by atoms with Gasteiger partial charge < -0.3 is 16.0 Å². The van der Waals surface area contributed by atoms with Crippen molar-refractivity contribution >= 4 is 17.3 Å². The van der Waals surface area contributed by atoms with Gasteiger partial charge in [0.25, 0.3) is 5.91 Å². The normalized spacial score (nSPS) is 12.3. The number of carbonyl (C=O) groups is 1. The number of anilines is 2. The van der Waals surface area contributed by atoms with Crippen LogP contribution in [0.2, 0.25) is 0 Å². The van der Waals surface area contributed by atoms with Crippen LogP contribution in [0.1, 0.15) is 44.0 Å². The summed E-state index contributed by atoms with van der Waals surface area (Å²) in [4.78, 5) is 13.8. The number of hydrogen-bond donors (Lipinski definition) is 2. The van der Waals surface area contributed by atoms with E-state index in [4.69, 9.17) is 5.73 Å². The number of amides is 1. The summed E-state index contributed by atoms with van der Waals surface area (Å²) in [5.41, 5.74) is 8.01. The Bertz CT molecular complexity index is 453. The molecule has 0 aliphatic carbocycles. The molecule has 0 heterocycles. The molecule has 4 nitrogen and oxygen atoms in total. The van der Waals surface area contributed by atoms with Crippen molar-refractivity contribution < 1.29 is 4.79 Å². The molecule has 0 fully saturated rings. The van der Waals surface area contributed by atoms with Gasteiger partial charge in [-0.05, 0) is 31.0 Å². The molecule has 4 heteroatoms. The van der Waals surface area contributed by atoms with Crippen molar-refractivity contribution in [2.75, 3.05) is 25.1 Å². The van der Waals surface area contributed by atoms with Crippen LogP contribution in [0.4, 0.5) is 11.4 Å². The van der Waals surface area contributed by atoms with E-state index in [0.29, 0.717) is 23.2 Å². The summed E-state index contributed by atoms with van der Waals surface area (Å²) in [5.74, 6) is 0.572. The molecule has 0 aliphatic heterocycles. The van der Waals surface area contributed by atoms with Crippen LogP contribution in [0, 0.1) is 5.92 Å². The second kappa shape index (κ2) is 7.17. The fourth-order valence-corrected chi connectivity index (χ4v) is 2.47. The van der Waals surface area contributed by atoms with Gasteiger partial charge in [-0.3, -0.25) is 4.79 Å². The highest BCUT2D eigenvalue weighted by molar-refractivity contribution is 6.00. The lowest BCUT2D eigenvalue weighted by atomic mass is 9.95. The summed E-state index contributed by atoms with van der Waals surface area (Å²) in [6.45, 7) is 6.54. The van der Waals surface area contributed by atoms with E-state index < -0.39 is 0 Å². The number of nitrogens with one attached hydrogen (secondary N) is 1. The summed E-state index contributed by atoms with van der Waals surface area (Å²) in [6.07, 6.45) is 2.23. The number of rotatable bonds is 6. The van der Waals surface area contributed by atoms with E-state index in [1.165, 1.54) is 0 Å². The van der Waals surface area contributed by atoms with Gasteiger partial charge in [0, 0.05) is 31.5 Å². The van der Waals surface area contributed by atoms with Gasteiger partial charge >= 0.3 is 0 Å². The van der Waals surface area contributed by atoms with Crippen molar-refractivity contribution in [3.05, 3.63) is 23.8 Å². The molecule has 0 radical (unpaired) electrons. The summed E-state index contributed by atoms with van der Waals surface area (Å²) < 4.78 is 0. The Labute approximate surface area is 122 Å². The fraction of sp³-hybridized carbons (Fsp3) is 0.562. The predicted octanol–water partition coefficient (Wildman–Crippen LogP) is 3.21. The van der Waals surface area contributed by atoms with Gasteiger partial charge in [-0.1, -0.05) is 26.7 Å². The Kier molecular flexibility index (Phi) is 5.86. The van der Waals surface area contributed by atoms with E-state index in [1.807, 2.05) is 6.07 Å². The van der Waals surface area contributed by atoms with Crippen LogP contribution in [0.15, 0.2) is 18.2 Å². The van der Waals surface area contributed by atoms with Gasteiger partial charge in [0.05, 0.1) is 5.56 Å². The smallest absolute Gasteiger partial charge is 0.255 e. The second-order valence-corrected chi connectivity index (χ2v) is 5.51. The van der Waals surface area contributed by atoms with Crippen LogP contribution in [-0.2, 0) is 0 Å². The Morgan fingerprint density at radius 1 is 1.30 bits per heavy atom. The Morgan fingerprint density at radius 3 is 2.40 bits per heavy atom. The highest BCUT2D eigenvalue weighted by atomic mass is 16.2. The molecule has 0 saturated carbocycles. The first-order valence-corrected chi connectivity index (χ1v) is 7.28. The average Bonchev–Trinajstić information content (AvgIpc) is 2.39. The number of carbonyl (C=O) groups excluding carboxylic acids is 1. The fourth-order valence-electron chi connectivity index (χ4n) is 2.47. The first-order chi connectivity index (χ1) is 9.40. The molecule has 1 aromatic carbocycles. The maximum Gasteiger partial charge on any atom is 0.255 e. The molecule has 1 amide bonds. The highest BCUT2D eigenvalue weighted by Gasteiger charge is 2.18. The van der Waals surface area contributed by atoms with Crippen LogP contribution in [-0.4, -0.2) is 30.9 Å². The highest BCUT2D eigenvalue weighted by Crippen LogP contribution is 2.24. The van der Waals surface area contributed by atoms with Crippen molar-refractivity contribution in [1.82, 2.24) is 4.90 Å². The van der Waals surface area contributed by atoms with Crippen molar-refractivity contribution in [1.29, 1.82) is 0 Å². The zero-order valence-electron chi connectivity index (χ0n) is 13.2. The van der Waals surface area contributed by atoms with Gasteiger partial charge in [-0.15, -0.1) is 0 Å². The zero-order chi connectivity index (χ0) is 15.3. The minimum absolute atomic E-state index is 0.00996. The van der Waals surface area contributed by atoms with Crippen LogP contribution in [0.25, 0.3) is 0 Å². The standard InChI is InChI=1S/C16H27N3O/c1-6-12(7-2)11(3)18-15-10-13(17)8-9-14(15)16(20)19(4)5/h8-12,18H,6-7,17H2,1-5H3. The van der Waals surface area contributed by atoms with Gasteiger partial charge in [0.2, 0.25) is 0 Å². The summed E-state index contributed by atoms with van der Waals surface area (Å²) >= 11 is 0. The molecular weight excluding hydrogens is 250 g/mol. The second-order valence-electron chi connectivity index (χ2n) is 5.51. The lowest BCUT2D eigenvalue weighted by molar-refractivity contribution is 0.0828. The van der Waals surface area contributed by atoms with Gasteiger partial charge in [0.1, 0.15) is 0 Å². The number of benzene rings is 1. The van der Waals surface area contributed by atoms with E-state index in [-0.39, 0.29) is 5.91 Å². The molecule has 0 saturated heterocycles. The van der Waals surface area contributed by atoms with Gasteiger partial charge in [-0.25, -0.2) is 0 Å². The number of hydrogen-bond acceptors (Lipinski definition) is 3. The quantitative estimate of drug-likeness (QED) is 0.785. The summed E-state index contributed by atoms with van der Waals surface area (Å²) in [5, 5.41) is 3.46. The molecule has 1 aromatic rings. The Hall–Kier alpha value is -1.71. The summed E-state index contributed by atoms with van der Waals surface area (Å²) in [6, 6.07) is 5.71. The first-order valence-electron chi connectivity index (χ1n) is 7.28. The van der Waals surface area contributed by atoms with Gasteiger partial charge in [-0.2, -0.15) is 0 Å². The minimum atomic E-state index is -0.00996. The topological polar surface area (TPSA) is 58.4 Å². The molecule has 1 rings (SSSR count). The van der Waals surface area contributed by atoms with Crippen molar-refractivity contribution in [3.8, 4) is 0 Å². The zero-order valence-corrected chi connectivity index (χ0v) is 13.2. The molecule has 0 bridgehead atoms. The predicted molar refractivity (Wildman–Crippen MR) is 86.0 cm³/mol. The van der Waals surface area contributed by atoms with Crippen LogP contribution in [0.3, 0.4) is 0 Å². The van der Waals surface area contributed by atoms with E-state index in [2.05, 4.69) is 26.1 Å². The molecule has 0 aromatic heterocycles. The number of nitrogens with two attached hydrogens (primary N) is 1. The SMILES string of the molecule is CCC(CC)C(C)Nc1cc(N)ccc1C(=O)N(C)C. The van der Waals surface area contributed by atoms with E-state index in [9.17, 15) is 4.79 Å². The van der Waals surface area contributed by atoms with E-state index in [1.54, 1.807) is 31.1 Å². The maximum atomic E-state index is 12.2. The van der Waals surface area contributed by atoms with Gasteiger partial charge in [0.15, 0.2) is 0 Å². The summed E-state index contributed by atoms with van der Waals surface area (Å²) in [7, 11) is 3.51. The number of nitrogen functional groups attached to an aromatic ring is 1. The lowest BCUT2D eigenvalue weighted by Crippen LogP contribution is -2.28. The molecule has 1 atom stereocenters. The Morgan fingerprint density at radius 2 is 1.90 bits per heavy atom. The minimum Gasteiger partial charge on any atom is -0.399 e. The molecule has 0 aliphatic rings. The van der Waals surface area contributed by atoms with Crippen LogP contribution < -0.4 is 11.1 Å². The van der Waals surface area contributed by atoms with Crippen molar-refractivity contribution in [2.45, 2.75) is 39.7 Å². The third-order valence-electron chi connectivity index (χ3n) is 3.82. The molecule has 112 valence electrons. The van der Waals surface area contributed by atoms with Crippen LogP contribution in [0.5, 0.6) is 0 Å². The molecule has 0 spiro atoms. The third kappa shape index (κ3) is 3.89. The number of nitrogens with zero attached hydrogens (tertiary/aromatic N) is 1. The average molecular weight is 277 g/mol. The molecule has 1 unspecified atom stereocenters. The monoisotopic (exact) mass is 277 g/mol. The largest absolute Gasteiger partial charge is 0.399 e. The van der Waals surface area contributed by atoms with Crippen molar-refractivity contribution in [2.24, 2.45) is 5.92 Å².